The third-order valence-electron chi connectivity index (χ3n) is 4.20. The van der Waals surface area contributed by atoms with E-state index in [1.165, 1.54) is 24.3 Å². The molecule has 1 N–H and O–H groups in total. The minimum Gasteiger partial charge on any atom is -0.343 e. The monoisotopic (exact) mass is 393 g/mol. The molecule has 0 fully saturated rings. The first kappa shape index (κ1) is 19.6. The zero-order valence-electron chi connectivity index (χ0n) is 15.0. The number of alkyl halides is 3. The van der Waals surface area contributed by atoms with Gasteiger partial charge in [-0.2, -0.15) is 18.3 Å². The predicted molar refractivity (Wildman–Crippen MR) is 93.7 cm³/mol. The van der Waals surface area contributed by atoms with Gasteiger partial charge in [0.1, 0.15) is 11.6 Å². The van der Waals surface area contributed by atoms with Crippen LogP contribution in [0, 0.1) is 6.92 Å². The summed E-state index contributed by atoms with van der Waals surface area (Å²) in [6.45, 7) is 2.95. The average Bonchev–Trinajstić information content (AvgIpc) is 3.03. The van der Waals surface area contributed by atoms with E-state index < -0.39 is 17.6 Å². The van der Waals surface area contributed by atoms with Crippen molar-refractivity contribution < 1.29 is 22.8 Å². The maximum absolute atomic E-state index is 12.5. The van der Waals surface area contributed by atoms with E-state index in [-0.39, 0.29) is 12.5 Å². The van der Waals surface area contributed by atoms with Crippen LogP contribution < -0.4 is 5.32 Å². The topological polar surface area (TPSA) is 80.1 Å². The van der Waals surface area contributed by atoms with Crippen molar-refractivity contribution >= 4 is 17.9 Å². The Hall–Kier alpha value is -3.17. The minimum atomic E-state index is -4.40. The van der Waals surface area contributed by atoms with Crippen molar-refractivity contribution in [1.29, 1.82) is 0 Å². The molecular formula is C18H18F3N5O2. The molecule has 3 rings (SSSR count). The molecule has 0 radical (unpaired) electrons. The largest absolute Gasteiger partial charge is 0.416 e. The van der Waals surface area contributed by atoms with Crippen molar-refractivity contribution in [2.24, 2.45) is 0 Å². The molecule has 2 amide bonds. The minimum absolute atomic E-state index is 0.177. The molecule has 148 valence electrons. The van der Waals surface area contributed by atoms with E-state index in [0.717, 1.165) is 12.1 Å². The summed E-state index contributed by atoms with van der Waals surface area (Å²) in [7, 11) is 0. The SMILES string of the molecule is Cc1nc2n(n1)CCN(C(=O)CNC(=O)/C=C/c1ccc(C(F)(F)F)cc1)C2. The van der Waals surface area contributed by atoms with E-state index in [1.807, 2.05) is 0 Å². The summed E-state index contributed by atoms with van der Waals surface area (Å²) in [5.74, 6) is 0.587. The van der Waals surface area contributed by atoms with Gasteiger partial charge in [-0.15, -0.1) is 0 Å². The number of nitrogens with one attached hydrogen (secondary N) is 1. The Balaban J connectivity index is 1.49. The molecule has 0 spiro atoms. The number of carbonyl (C=O) groups is 2. The normalized spacial score (nSPS) is 14.2. The highest BCUT2D eigenvalue weighted by molar-refractivity contribution is 5.94. The van der Waals surface area contributed by atoms with E-state index in [2.05, 4.69) is 15.4 Å². The lowest BCUT2D eigenvalue weighted by Gasteiger charge is -2.26. The van der Waals surface area contributed by atoms with Crippen molar-refractivity contribution in [3.8, 4) is 0 Å². The van der Waals surface area contributed by atoms with Gasteiger partial charge in [0.25, 0.3) is 0 Å². The summed E-state index contributed by atoms with van der Waals surface area (Å²) in [5, 5.41) is 6.69. The number of fused-ring (bicyclic) bond motifs is 1. The van der Waals surface area contributed by atoms with Crippen LogP contribution in [-0.4, -0.2) is 44.6 Å². The first-order valence-electron chi connectivity index (χ1n) is 8.53. The van der Waals surface area contributed by atoms with E-state index in [0.29, 0.717) is 36.8 Å². The van der Waals surface area contributed by atoms with Gasteiger partial charge in [0, 0.05) is 12.6 Å². The van der Waals surface area contributed by atoms with Crippen molar-refractivity contribution in [2.45, 2.75) is 26.2 Å². The second kappa shape index (κ2) is 7.83. The number of hydrogen-bond acceptors (Lipinski definition) is 4. The van der Waals surface area contributed by atoms with Crippen LogP contribution >= 0.6 is 0 Å². The van der Waals surface area contributed by atoms with E-state index in [9.17, 15) is 22.8 Å². The van der Waals surface area contributed by atoms with E-state index >= 15 is 0 Å². The highest BCUT2D eigenvalue weighted by Gasteiger charge is 2.29. The van der Waals surface area contributed by atoms with Crippen LogP contribution in [0.5, 0.6) is 0 Å². The molecule has 28 heavy (non-hydrogen) atoms. The fourth-order valence-corrected chi connectivity index (χ4v) is 2.76. The van der Waals surface area contributed by atoms with Gasteiger partial charge < -0.3 is 10.2 Å². The van der Waals surface area contributed by atoms with Crippen LogP contribution in [0.25, 0.3) is 6.08 Å². The second-order valence-corrected chi connectivity index (χ2v) is 6.28. The molecule has 10 heteroatoms. The number of hydrogen-bond donors (Lipinski definition) is 1. The van der Waals surface area contributed by atoms with Gasteiger partial charge in [0.05, 0.1) is 25.2 Å². The molecule has 2 heterocycles. The number of halogens is 3. The number of aromatic nitrogens is 3. The highest BCUT2D eigenvalue weighted by Crippen LogP contribution is 2.29. The van der Waals surface area contributed by atoms with Gasteiger partial charge in [0.2, 0.25) is 11.8 Å². The van der Waals surface area contributed by atoms with E-state index in [4.69, 9.17) is 0 Å². The van der Waals surface area contributed by atoms with Crippen LogP contribution in [0.4, 0.5) is 13.2 Å². The molecule has 1 aromatic carbocycles. The number of nitrogens with zero attached hydrogens (tertiary/aromatic N) is 4. The number of aryl methyl sites for hydroxylation is 1. The Morgan fingerprint density at radius 1 is 1.21 bits per heavy atom. The lowest BCUT2D eigenvalue weighted by atomic mass is 10.1. The summed E-state index contributed by atoms with van der Waals surface area (Å²) >= 11 is 0. The standard InChI is InChI=1S/C18H18F3N5O2/c1-12-23-15-11-25(8-9-26(15)24-12)17(28)10-22-16(27)7-4-13-2-5-14(6-3-13)18(19,20)21/h2-7H,8-11H2,1H3,(H,22,27)/b7-4+. The van der Waals surface area contributed by atoms with Crippen LogP contribution in [0.15, 0.2) is 30.3 Å². The summed E-state index contributed by atoms with van der Waals surface area (Å²) in [4.78, 5) is 29.9. The zero-order chi connectivity index (χ0) is 20.3. The van der Waals surface area contributed by atoms with Gasteiger partial charge in [-0.3, -0.25) is 9.59 Å². The molecule has 0 saturated heterocycles. The van der Waals surface area contributed by atoms with Crippen molar-refractivity contribution in [3.05, 3.63) is 53.1 Å². The van der Waals surface area contributed by atoms with Crippen LogP contribution in [-0.2, 0) is 28.9 Å². The fraction of sp³-hybridized carbons (Fsp3) is 0.333. The molecule has 0 aliphatic carbocycles. The molecular weight excluding hydrogens is 375 g/mol. The number of benzene rings is 1. The molecule has 0 unspecified atom stereocenters. The molecule has 0 saturated carbocycles. The number of rotatable bonds is 4. The maximum atomic E-state index is 12.5. The summed E-state index contributed by atoms with van der Waals surface area (Å²) in [6.07, 6.45) is -1.85. The molecule has 0 bridgehead atoms. The third-order valence-corrected chi connectivity index (χ3v) is 4.20. The average molecular weight is 393 g/mol. The first-order valence-corrected chi connectivity index (χ1v) is 8.53. The number of amides is 2. The fourth-order valence-electron chi connectivity index (χ4n) is 2.76. The number of carbonyl (C=O) groups excluding carboxylic acids is 2. The van der Waals surface area contributed by atoms with Gasteiger partial charge in [0.15, 0.2) is 0 Å². The van der Waals surface area contributed by atoms with Gasteiger partial charge in [-0.05, 0) is 30.7 Å². The highest BCUT2D eigenvalue weighted by atomic mass is 19.4. The summed E-state index contributed by atoms with van der Waals surface area (Å²) < 4.78 is 39.3. The Labute approximate surface area is 158 Å². The third kappa shape index (κ3) is 4.76. The van der Waals surface area contributed by atoms with Crippen LogP contribution in [0.1, 0.15) is 22.8 Å². The van der Waals surface area contributed by atoms with Gasteiger partial charge in [-0.25, -0.2) is 9.67 Å². The Morgan fingerprint density at radius 3 is 2.61 bits per heavy atom. The Morgan fingerprint density at radius 2 is 1.93 bits per heavy atom. The quantitative estimate of drug-likeness (QED) is 0.803. The van der Waals surface area contributed by atoms with Crippen LogP contribution in [0.3, 0.4) is 0 Å². The second-order valence-electron chi connectivity index (χ2n) is 6.28. The molecule has 1 aliphatic rings. The molecule has 7 nitrogen and oxygen atoms in total. The Bertz CT molecular complexity index is 903. The summed E-state index contributed by atoms with van der Waals surface area (Å²) in [5.41, 5.74) is -0.313. The zero-order valence-corrected chi connectivity index (χ0v) is 15.0. The van der Waals surface area contributed by atoms with Crippen molar-refractivity contribution in [1.82, 2.24) is 25.0 Å². The van der Waals surface area contributed by atoms with E-state index in [1.54, 1.807) is 16.5 Å². The maximum Gasteiger partial charge on any atom is 0.416 e. The first-order chi connectivity index (χ1) is 13.2. The Kier molecular flexibility index (Phi) is 5.48. The molecule has 1 aromatic heterocycles. The van der Waals surface area contributed by atoms with Gasteiger partial charge >= 0.3 is 6.18 Å². The summed E-state index contributed by atoms with van der Waals surface area (Å²) in [6, 6.07) is 4.42. The molecule has 2 aromatic rings. The lowest BCUT2D eigenvalue weighted by Crippen LogP contribution is -2.43. The molecule has 0 atom stereocenters. The van der Waals surface area contributed by atoms with Crippen molar-refractivity contribution in [3.63, 3.8) is 0 Å². The smallest absolute Gasteiger partial charge is 0.343 e. The van der Waals surface area contributed by atoms with Crippen molar-refractivity contribution in [2.75, 3.05) is 13.1 Å². The molecule has 1 aliphatic heterocycles. The van der Waals surface area contributed by atoms with Gasteiger partial charge in [-0.1, -0.05) is 12.1 Å². The lowest BCUT2D eigenvalue weighted by molar-refractivity contribution is -0.137. The van der Waals surface area contributed by atoms with Crippen LogP contribution in [0.2, 0.25) is 0 Å². The predicted octanol–water partition coefficient (Wildman–Crippen LogP) is 1.78.